The summed E-state index contributed by atoms with van der Waals surface area (Å²) in [5.74, 6) is 0.810. The fourth-order valence-electron chi connectivity index (χ4n) is 3.61. The van der Waals surface area contributed by atoms with Gasteiger partial charge in [-0.15, -0.1) is 0 Å². The van der Waals surface area contributed by atoms with Crippen LogP contribution in [0.1, 0.15) is 48.1 Å². The van der Waals surface area contributed by atoms with E-state index in [1.807, 2.05) is 39.8 Å². The molecule has 7 nitrogen and oxygen atoms in total. The van der Waals surface area contributed by atoms with E-state index in [0.717, 1.165) is 23.4 Å². The Balaban J connectivity index is 1.80. The Morgan fingerprint density at radius 3 is 2.66 bits per heavy atom. The van der Waals surface area contributed by atoms with Crippen molar-refractivity contribution in [1.29, 1.82) is 0 Å². The van der Waals surface area contributed by atoms with Crippen molar-refractivity contribution in [2.24, 2.45) is 0 Å². The number of benzene rings is 1. The molecule has 156 valence electrons. The monoisotopic (exact) mass is 400 g/mol. The lowest BCUT2D eigenvalue weighted by Crippen LogP contribution is -2.21. The van der Waals surface area contributed by atoms with Crippen LogP contribution in [0.15, 0.2) is 18.2 Å². The highest BCUT2D eigenvalue weighted by molar-refractivity contribution is 5.94. The highest BCUT2D eigenvalue weighted by atomic mass is 16.5. The first-order valence-electron chi connectivity index (χ1n) is 9.94. The van der Waals surface area contributed by atoms with Gasteiger partial charge in [-0.3, -0.25) is 4.79 Å². The van der Waals surface area contributed by atoms with Crippen molar-refractivity contribution in [1.82, 2.24) is 4.57 Å². The summed E-state index contributed by atoms with van der Waals surface area (Å²) in [5, 5.41) is 2.93. The number of amides is 1. The zero-order valence-corrected chi connectivity index (χ0v) is 17.6. The summed E-state index contributed by atoms with van der Waals surface area (Å²) in [5.41, 5.74) is 3.66. The molecule has 7 heteroatoms. The molecule has 0 saturated carbocycles. The van der Waals surface area contributed by atoms with Gasteiger partial charge in [0.05, 0.1) is 24.5 Å². The van der Waals surface area contributed by atoms with Gasteiger partial charge in [0.2, 0.25) is 5.91 Å². The van der Waals surface area contributed by atoms with E-state index in [0.29, 0.717) is 35.9 Å². The van der Waals surface area contributed by atoms with Crippen LogP contribution in [0.2, 0.25) is 0 Å². The molecule has 1 aromatic carbocycles. The minimum absolute atomic E-state index is 0.0803. The van der Waals surface area contributed by atoms with Crippen molar-refractivity contribution in [2.45, 2.75) is 53.7 Å². The first-order valence-corrected chi connectivity index (χ1v) is 9.94. The van der Waals surface area contributed by atoms with Crippen molar-refractivity contribution >= 4 is 17.6 Å². The van der Waals surface area contributed by atoms with E-state index in [9.17, 15) is 9.59 Å². The SMILES string of the molecule is CCOC(=O)c1cc(C)n(CC(=O)Nc2cc3c(cc2OCC)CC(C)O3)c1C. The topological polar surface area (TPSA) is 78.8 Å². The van der Waals surface area contributed by atoms with Crippen molar-refractivity contribution in [3.63, 3.8) is 0 Å². The number of aromatic nitrogens is 1. The van der Waals surface area contributed by atoms with Crippen LogP contribution in [0, 0.1) is 13.8 Å². The second-order valence-corrected chi connectivity index (χ2v) is 7.16. The smallest absolute Gasteiger partial charge is 0.339 e. The number of hydrogen-bond donors (Lipinski definition) is 1. The van der Waals surface area contributed by atoms with Gasteiger partial charge in [0.15, 0.2) is 0 Å². The summed E-state index contributed by atoms with van der Waals surface area (Å²) < 4.78 is 18.4. The molecule has 0 spiro atoms. The summed E-state index contributed by atoms with van der Waals surface area (Å²) in [6, 6.07) is 5.50. The van der Waals surface area contributed by atoms with E-state index in [-0.39, 0.29) is 24.5 Å². The molecule has 1 aliphatic heterocycles. The van der Waals surface area contributed by atoms with Gasteiger partial charge in [0.1, 0.15) is 24.1 Å². The number of carbonyl (C=O) groups excluding carboxylic acids is 2. The molecule has 2 aromatic rings. The maximum Gasteiger partial charge on any atom is 0.339 e. The number of nitrogens with one attached hydrogen (secondary N) is 1. The van der Waals surface area contributed by atoms with E-state index in [4.69, 9.17) is 14.2 Å². The lowest BCUT2D eigenvalue weighted by molar-refractivity contribution is -0.116. The molecule has 0 bridgehead atoms. The number of nitrogens with zero attached hydrogens (tertiary/aromatic N) is 1. The molecular formula is C22H28N2O5. The van der Waals surface area contributed by atoms with Gasteiger partial charge in [0.25, 0.3) is 0 Å². The third-order valence-electron chi connectivity index (χ3n) is 4.94. The highest BCUT2D eigenvalue weighted by Gasteiger charge is 2.23. The number of fused-ring (bicyclic) bond motifs is 1. The van der Waals surface area contributed by atoms with Crippen LogP contribution in [0.25, 0.3) is 0 Å². The Bertz CT molecular complexity index is 932. The maximum atomic E-state index is 12.8. The molecule has 1 aromatic heterocycles. The average Bonchev–Trinajstić information content (AvgIpc) is 3.15. The van der Waals surface area contributed by atoms with E-state index in [1.54, 1.807) is 17.6 Å². The van der Waals surface area contributed by atoms with Crippen molar-refractivity contribution in [3.8, 4) is 11.5 Å². The molecule has 1 aliphatic rings. The number of carbonyl (C=O) groups is 2. The predicted octanol–water partition coefficient (Wildman–Crippen LogP) is 3.64. The molecule has 1 atom stereocenters. The summed E-state index contributed by atoms with van der Waals surface area (Å²) in [6.07, 6.45) is 0.930. The standard InChI is InChI=1S/C22H28N2O5/c1-6-27-20-10-16-9-14(4)29-19(16)11-18(20)23-21(25)12-24-13(3)8-17(15(24)5)22(26)28-7-2/h8,10-11,14H,6-7,9,12H2,1-5H3,(H,23,25). The van der Waals surface area contributed by atoms with Gasteiger partial charge in [-0.25, -0.2) is 4.79 Å². The third-order valence-corrected chi connectivity index (χ3v) is 4.94. The number of rotatable bonds is 7. The zero-order chi connectivity index (χ0) is 21.1. The third kappa shape index (κ3) is 4.39. The fraction of sp³-hybridized carbons (Fsp3) is 0.455. The predicted molar refractivity (Wildman–Crippen MR) is 110 cm³/mol. The largest absolute Gasteiger partial charge is 0.492 e. The highest BCUT2D eigenvalue weighted by Crippen LogP contribution is 2.38. The lowest BCUT2D eigenvalue weighted by Gasteiger charge is -2.15. The first kappa shape index (κ1) is 20.8. The van der Waals surface area contributed by atoms with Crippen molar-refractivity contribution < 1.29 is 23.8 Å². The molecule has 3 rings (SSSR count). The number of esters is 1. The minimum Gasteiger partial charge on any atom is -0.492 e. The molecular weight excluding hydrogens is 372 g/mol. The summed E-state index contributed by atoms with van der Waals surface area (Å²) in [7, 11) is 0. The number of anilines is 1. The van der Waals surface area contributed by atoms with Crippen LogP contribution in [0.4, 0.5) is 5.69 Å². The molecule has 0 radical (unpaired) electrons. The van der Waals surface area contributed by atoms with Gasteiger partial charge >= 0.3 is 5.97 Å². The van der Waals surface area contributed by atoms with Crippen LogP contribution < -0.4 is 14.8 Å². The zero-order valence-electron chi connectivity index (χ0n) is 17.6. The van der Waals surface area contributed by atoms with Crippen LogP contribution >= 0.6 is 0 Å². The van der Waals surface area contributed by atoms with E-state index in [2.05, 4.69) is 5.32 Å². The van der Waals surface area contributed by atoms with Gasteiger partial charge in [-0.05, 0) is 46.8 Å². The summed E-state index contributed by atoms with van der Waals surface area (Å²) >= 11 is 0. The van der Waals surface area contributed by atoms with Crippen LogP contribution in [-0.4, -0.2) is 35.8 Å². The Morgan fingerprint density at radius 1 is 1.21 bits per heavy atom. The van der Waals surface area contributed by atoms with Crippen molar-refractivity contribution in [2.75, 3.05) is 18.5 Å². The fourth-order valence-corrected chi connectivity index (χ4v) is 3.61. The Labute approximate surface area is 170 Å². The lowest BCUT2D eigenvalue weighted by atomic mass is 10.1. The van der Waals surface area contributed by atoms with E-state index < -0.39 is 0 Å². The van der Waals surface area contributed by atoms with Gasteiger partial charge in [-0.2, -0.15) is 0 Å². The molecule has 0 aliphatic carbocycles. The second-order valence-electron chi connectivity index (χ2n) is 7.16. The molecule has 1 unspecified atom stereocenters. The second kappa shape index (κ2) is 8.59. The minimum atomic E-state index is -0.379. The van der Waals surface area contributed by atoms with Crippen LogP contribution in [-0.2, 0) is 22.5 Å². The summed E-state index contributed by atoms with van der Waals surface area (Å²) in [6.45, 7) is 10.2. The first-order chi connectivity index (χ1) is 13.8. The summed E-state index contributed by atoms with van der Waals surface area (Å²) in [4.78, 5) is 24.9. The average molecular weight is 400 g/mol. The Kier molecular flexibility index (Phi) is 6.15. The molecule has 1 N–H and O–H groups in total. The normalized spacial score (nSPS) is 14.9. The number of hydrogen-bond acceptors (Lipinski definition) is 5. The molecule has 0 fully saturated rings. The van der Waals surface area contributed by atoms with Crippen molar-refractivity contribution in [3.05, 3.63) is 40.7 Å². The van der Waals surface area contributed by atoms with Gasteiger partial charge < -0.3 is 24.1 Å². The van der Waals surface area contributed by atoms with Gasteiger partial charge in [-0.1, -0.05) is 0 Å². The Hall–Kier alpha value is -2.96. The molecule has 1 amide bonds. The quantitative estimate of drug-likeness (QED) is 0.718. The Morgan fingerprint density at radius 2 is 1.97 bits per heavy atom. The van der Waals surface area contributed by atoms with E-state index >= 15 is 0 Å². The van der Waals surface area contributed by atoms with Gasteiger partial charge in [0, 0.05) is 29.4 Å². The number of ether oxygens (including phenoxy) is 3. The molecule has 0 saturated heterocycles. The maximum absolute atomic E-state index is 12.8. The molecule has 29 heavy (non-hydrogen) atoms. The molecule has 2 heterocycles. The van der Waals surface area contributed by atoms with E-state index in [1.165, 1.54) is 0 Å². The van der Waals surface area contributed by atoms with Crippen LogP contribution in [0.3, 0.4) is 0 Å². The van der Waals surface area contributed by atoms with Crippen LogP contribution in [0.5, 0.6) is 11.5 Å². The number of aryl methyl sites for hydroxylation is 1.